The number of halogens is 1. The number of nitrogens with one attached hydrogen (secondary N) is 1. The molecule has 1 aliphatic heterocycles. The summed E-state index contributed by atoms with van der Waals surface area (Å²) in [6.45, 7) is 0. The third-order valence-corrected chi connectivity index (χ3v) is 1.76. The molecule has 1 N–H and O–H groups in total. The van der Waals surface area contributed by atoms with Crippen LogP contribution in [0, 0.1) is 0 Å². The first-order chi connectivity index (χ1) is 3.39. The molecule has 0 atom stereocenters. The Kier molecular flexibility index (Phi) is 2.05. The van der Waals surface area contributed by atoms with Crippen molar-refractivity contribution in [3.05, 3.63) is 21.3 Å². The highest BCUT2D eigenvalue weighted by Crippen LogP contribution is 2.13. The van der Waals surface area contributed by atoms with Crippen molar-refractivity contribution in [2.24, 2.45) is 0 Å². The summed E-state index contributed by atoms with van der Waals surface area (Å²) < 4.78 is 4.24. The normalized spacial score (nSPS) is 18.1. The average Bonchev–Trinajstić information content (AvgIpc) is 1.69. The van der Waals surface area contributed by atoms with E-state index in [1.165, 1.54) is 3.58 Å². The highest BCUT2D eigenvalue weighted by atomic mass is 127. The van der Waals surface area contributed by atoms with Gasteiger partial charge in [0.25, 0.3) is 0 Å². The van der Waals surface area contributed by atoms with E-state index in [-0.39, 0.29) is 0 Å². The minimum Gasteiger partial charge on any atom is -0.332 e. The number of rotatable bonds is 0. The molecule has 0 saturated carbocycles. The molecule has 0 amide bonds. The first kappa shape index (κ1) is 5.50. The molecule has 0 unspecified atom stereocenters. The maximum atomic E-state index is 2.99. The summed E-state index contributed by atoms with van der Waals surface area (Å²) in [6, 6.07) is 0. The molecule has 0 bridgehead atoms. The van der Waals surface area contributed by atoms with E-state index >= 15 is 0 Å². The van der Waals surface area contributed by atoms with E-state index in [2.05, 4.69) is 33.4 Å². The summed E-state index contributed by atoms with van der Waals surface area (Å²) in [7, 11) is 0. The Balaban J connectivity index is 2.58. The van der Waals surface area contributed by atoms with Crippen molar-refractivity contribution in [3.8, 4) is 0 Å². The van der Waals surface area contributed by atoms with E-state index in [1.807, 2.05) is 11.6 Å². The minimum atomic E-state index is 1.25. The topological polar surface area (TPSA) is 12.0 Å². The van der Waals surface area contributed by atoms with Gasteiger partial charge in [-0.15, -0.1) is 0 Å². The van der Waals surface area contributed by atoms with Crippen LogP contribution in [0.3, 0.4) is 0 Å². The molecule has 0 radical (unpaired) electrons. The molecule has 0 fully saturated rings. The maximum absolute atomic E-state index is 2.99. The van der Waals surface area contributed by atoms with Crippen LogP contribution in [0.15, 0.2) is 21.3 Å². The van der Waals surface area contributed by atoms with Gasteiger partial charge in [0.15, 0.2) is 0 Å². The Morgan fingerprint density at radius 3 is 2.86 bits per heavy atom. The van der Waals surface area contributed by atoms with Gasteiger partial charge < -0.3 is 4.72 Å². The van der Waals surface area contributed by atoms with Crippen LogP contribution < -0.4 is 4.72 Å². The lowest BCUT2D eigenvalue weighted by atomic mass is 10.6. The standard InChI is InChI=1S/C4H4INS/c5-4-1-2-7-6-3-4/h1-3,6H. The van der Waals surface area contributed by atoms with E-state index in [0.717, 1.165) is 0 Å². The zero-order valence-corrected chi connectivity index (χ0v) is 6.49. The van der Waals surface area contributed by atoms with Gasteiger partial charge in [-0.3, -0.25) is 0 Å². The Bertz CT molecular complexity index is 119. The lowest BCUT2D eigenvalue weighted by molar-refractivity contribution is 1.41. The second kappa shape index (κ2) is 2.61. The number of hydrogen-bond donors (Lipinski definition) is 1. The number of allylic oxidation sites excluding steroid dienone is 2. The SMILES string of the molecule is IC1=CNSC=C1. The Morgan fingerprint density at radius 2 is 2.57 bits per heavy atom. The minimum absolute atomic E-state index is 1.25. The van der Waals surface area contributed by atoms with Gasteiger partial charge in [-0.25, -0.2) is 0 Å². The number of hydrogen-bond acceptors (Lipinski definition) is 2. The van der Waals surface area contributed by atoms with E-state index in [1.54, 1.807) is 11.9 Å². The van der Waals surface area contributed by atoms with E-state index in [4.69, 9.17) is 0 Å². The van der Waals surface area contributed by atoms with Gasteiger partial charge in [-0.1, -0.05) is 0 Å². The monoisotopic (exact) mass is 225 g/mol. The van der Waals surface area contributed by atoms with Crippen LogP contribution in [0.1, 0.15) is 0 Å². The molecule has 1 aliphatic rings. The highest BCUT2D eigenvalue weighted by molar-refractivity contribution is 14.1. The lowest BCUT2D eigenvalue weighted by Gasteiger charge is -1.98. The predicted octanol–water partition coefficient (Wildman–Crippen LogP) is 2.03. The molecule has 0 aromatic carbocycles. The van der Waals surface area contributed by atoms with Gasteiger partial charge in [0.05, 0.1) is 0 Å². The summed E-state index contributed by atoms with van der Waals surface area (Å²) in [5.41, 5.74) is 0. The molecule has 0 saturated heterocycles. The summed E-state index contributed by atoms with van der Waals surface area (Å²) in [6.07, 6.45) is 4.02. The summed E-state index contributed by atoms with van der Waals surface area (Å²) in [4.78, 5) is 0. The quantitative estimate of drug-likeness (QED) is 0.500. The Labute approximate surface area is 60.5 Å². The second-order valence-electron chi connectivity index (χ2n) is 1.07. The van der Waals surface area contributed by atoms with Crippen molar-refractivity contribution < 1.29 is 0 Å². The molecule has 3 heteroatoms. The highest BCUT2D eigenvalue weighted by Gasteiger charge is 1.86. The van der Waals surface area contributed by atoms with Gasteiger partial charge in [-0.2, -0.15) is 0 Å². The summed E-state index contributed by atoms with van der Waals surface area (Å²) in [5.74, 6) is 0. The summed E-state index contributed by atoms with van der Waals surface area (Å²) >= 11 is 3.84. The molecule has 0 aromatic heterocycles. The maximum Gasteiger partial charge on any atom is 0.0301 e. The van der Waals surface area contributed by atoms with Crippen LogP contribution in [-0.2, 0) is 0 Å². The molecule has 0 spiro atoms. The molecule has 0 aromatic rings. The van der Waals surface area contributed by atoms with Crippen LogP contribution in [0.25, 0.3) is 0 Å². The molecule has 0 aliphatic carbocycles. The van der Waals surface area contributed by atoms with Gasteiger partial charge in [-0.05, 0) is 46.0 Å². The third kappa shape index (κ3) is 1.73. The largest absolute Gasteiger partial charge is 0.332 e. The third-order valence-electron chi connectivity index (χ3n) is 0.560. The fourth-order valence-corrected chi connectivity index (χ4v) is 1.56. The van der Waals surface area contributed by atoms with Gasteiger partial charge in [0, 0.05) is 9.78 Å². The molecular weight excluding hydrogens is 221 g/mol. The van der Waals surface area contributed by atoms with Crippen LogP contribution in [0.5, 0.6) is 0 Å². The van der Waals surface area contributed by atoms with Crippen molar-refractivity contribution in [3.63, 3.8) is 0 Å². The molecule has 7 heavy (non-hydrogen) atoms. The van der Waals surface area contributed by atoms with E-state index < -0.39 is 0 Å². The Morgan fingerprint density at radius 1 is 1.71 bits per heavy atom. The molecule has 1 nitrogen and oxygen atoms in total. The second-order valence-corrected chi connectivity index (χ2v) is 3.06. The molecular formula is C4H4INS. The first-order valence-corrected chi connectivity index (χ1v) is 3.79. The van der Waals surface area contributed by atoms with E-state index in [9.17, 15) is 0 Å². The molecule has 1 rings (SSSR count). The van der Waals surface area contributed by atoms with Gasteiger partial charge in [0.2, 0.25) is 0 Å². The fraction of sp³-hybridized carbons (Fsp3) is 0. The average molecular weight is 225 g/mol. The molecule has 1 heterocycles. The molecule has 38 valence electrons. The van der Waals surface area contributed by atoms with Gasteiger partial charge >= 0.3 is 0 Å². The smallest absolute Gasteiger partial charge is 0.0301 e. The van der Waals surface area contributed by atoms with Crippen LogP contribution in [-0.4, -0.2) is 0 Å². The Hall–Kier alpha value is 0.360. The fourth-order valence-electron chi connectivity index (χ4n) is 0.277. The van der Waals surface area contributed by atoms with Crippen LogP contribution in [0.2, 0.25) is 0 Å². The van der Waals surface area contributed by atoms with Crippen molar-refractivity contribution in [2.75, 3.05) is 0 Å². The zero-order chi connectivity index (χ0) is 5.11. The predicted molar refractivity (Wildman–Crippen MR) is 42.0 cm³/mol. The first-order valence-electron chi connectivity index (χ1n) is 1.83. The van der Waals surface area contributed by atoms with Crippen molar-refractivity contribution in [2.45, 2.75) is 0 Å². The van der Waals surface area contributed by atoms with E-state index in [0.29, 0.717) is 0 Å². The van der Waals surface area contributed by atoms with Crippen molar-refractivity contribution in [1.82, 2.24) is 4.72 Å². The summed E-state index contributed by atoms with van der Waals surface area (Å²) in [5, 5.41) is 2.02. The van der Waals surface area contributed by atoms with Crippen LogP contribution >= 0.6 is 34.5 Å². The van der Waals surface area contributed by atoms with Crippen LogP contribution in [0.4, 0.5) is 0 Å². The lowest BCUT2D eigenvalue weighted by Crippen LogP contribution is -1.91. The van der Waals surface area contributed by atoms with Crippen molar-refractivity contribution >= 4 is 34.5 Å². The van der Waals surface area contributed by atoms with Crippen molar-refractivity contribution in [1.29, 1.82) is 0 Å². The van der Waals surface area contributed by atoms with Gasteiger partial charge in [0.1, 0.15) is 0 Å². The zero-order valence-electron chi connectivity index (χ0n) is 3.52.